The number of hydrogen-bond acceptors (Lipinski definition) is 3. The number of hydrogen-bond donors (Lipinski definition) is 0. The largest absolute Gasteiger partial charge is 0.468 e. The Morgan fingerprint density at radius 3 is 2.62 bits per heavy atom. The molecule has 1 fully saturated rings. The van der Waals surface area contributed by atoms with Crippen molar-refractivity contribution >= 4 is 5.97 Å². The number of piperidine rings is 1. The van der Waals surface area contributed by atoms with Crippen LogP contribution in [0.15, 0.2) is 0 Å². The molecule has 0 radical (unpaired) electrons. The molecule has 0 spiro atoms. The lowest BCUT2D eigenvalue weighted by atomic mass is 9.89. The van der Waals surface area contributed by atoms with Crippen LogP contribution in [0.2, 0.25) is 0 Å². The van der Waals surface area contributed by atoms with Crippen molar-refractivity contribution in [1.82, 2.24) is 4.90 Å². The van der Waals surface area contributed by atoms with E-state index in [9.17, 15) is 4.79 Å². The zero-order valence-corrected chi connectivity index (χ0v) is 11.0. The minimum absolute atomic E-state index is 0.0113. The number of rotatable bonds is 4. The summed E-state index contributed by atoms with van der Waals surface area (Å²) in [6.07, 6.45) is 4.41. The van der Waals surface area contributed by atoms with Crippen LogP contribution in [-0.4, -0.2) is 36.6 Å². The van der Waals surface area contributed by atoms with E-state index in [0.717, 1.165) is 31.7 Å². The summed E-state index contributed by atoms with van der Waals surface area (Å²) in [5.74, 6) is 0.685. The number of carbonyl (C=O) groups is 1. The Kier molecular flexibility index (Phi) is 5.26. The highest BCUT2D eigenvalue weighted by molar-refractivity contribution is 5.75. The summed E-state index contributed by atoms with van der Waals surface area (Å²) in [6, 6.07) is 0.459. The quantitative estimate of drug-likeness (QED) is 0.691. The second-order valence-electron chi connectivity index (χ2n) is 4.84. The molecular formula is C13H25NO2. The van der Waals surface area contributed by atoms with E-state index in [0.29, 0.717) is 6.04 Å². The van der Waals surface area contributed by atoms with Gasteiger partial charge in [-0.25, -0.2) is 0 Å². The molecule has 0 bridgehead atoms. The maximum atomic E-state index is 11.7. The fourth-order valence-electron chi connectivity index (χ4n) is 2.52. The maximum Gasteiger partial charge on any atom is 0.323 e. The van der Waals surface area contributed by atoms with Gasteiger partial charge in [-0.2, -0.15) is 0 Å². The number of methoxy groups -OCH3 is 1. The van der Waals surface area contributed by atoms with Crippen molar-refractivity contribution in [3.05, 3.63) is 0 Å². The standard InChI is InChI=1S/C13H25NO2/c1-5-10(3)14-9-11(6-2)7-8-12(14)13(15)16-4/h10-12H,5-9H2,1-4H3. The Morgan fingerprint density at radius 1 is 1.44 bits per heavy atom. The summed E-state index contributed by atoms with van der Waals surface area (Å²) in [4.78, 5) is 14.1. The first-order valence-corrected chi connectivity index (χ1v) is 6.47. The molecule has 1 rings (SSSR count). The van der Waals surface area contributed by atoms with Gasteiger partial charge in [0.1, 0.15) is 6.04 Å². The minimum atomic E-state index is -0.0603. The Balaban J connectivity index is 2.71. The minimum Gasteiger partial charge on any atom is -0.468 e. The van der Waals surface area contributed by atoms with Crippen molar-refractivity contribution in [3.8, 4) is 0 Å². The Bertz CT molecular complexity index is 230. The number of esters is 1. The van der Waals surface area contributed by atoms with Crippen LogP contribution in [0, 0.1) is 5.92 Å². The van der Waals surface area contributed by atoms with Crippen LogP contribution in [0.25, 0.3) is 0 Å². The molecule has 0 aromatic heterocycles. The van der Waals surface area contributed by atoms with Crippen molar-refractivity contribution in [1.29, 1.82) is 0 Å². The summed E-state index contributed by atoms with van der Waals surface area (Å²) < 4.78 is 4.90. The summed E-state index contributed by atoms with van der Waals surface area (Å²) in [5, 5.41) is 0. The third-order valence-electron chi connectivity index (χ3n) is 3.93. The van der Waals surface area contributed by atoms with Gasteiger partial charge in [0.05, 0.1) is 7.11 Å². The van der Waals surface area contributed by atoms with Crippen molar-refractivity contribution < 1.29 is 9.53 Å². The normalized spacial score (nSPS) is 28.8. The van der Waals surface area contributed by atoms with Crippen molar-refractivity contribution in [2.75, 3.05) is 13.7 Å². The van der Waals surface area contributed by atoms with Crippen LogP contribution in [0.4, 0.5) is 0 Å². The molecule has 1 aliphatic heterocycles. The Morgan fingerprint density at radius 2 is 2.12 bits per heavy atom. The van der Waals surface area contributed by atoms with Gasteiger partial charge in [0.2, 0.25) is 0 Å². The second kappa shape index (κ2) is 6.24. The first-order valence-electron chi connectivity index (χ1n) is 6.47. The fourth-order valence-corrected chi connectivity index (χ4v) is 2.52. The van der Waals surface area contributed by atoms with Gasteiger partial charge in [0.15, 0.2) is 0 Å². The molecule has 3 heteroatoms. The molecule has 0 amide bonds. The molecule has 0 aromatic carbocycles. The summed E-state index contributed by atoms with van der Waals surface area (Å²) in [6.45, 7) is 7.66. The van der Waals surface area contributed by atoms with E-state index in [1.807, 2.05) is 0 Å². The molecule has 3 nitrogen and oxygen atoms in total. The van der Waals surface area contributed by atoms with Crippen molar-refractivity contribution in [3.63, 3.8) is 0 Å². The van der Waals surface area contributed by atoms with E-state index in [1.54, 1.807) is 0 Å². The van der Waals surface area contributed by atoms with Crippen LogP contribution < -0.4 is 0 Å². The van der Waals surface area contributed by atoms with Crippen LogP contribution in [-0.2, 0) is 9.53 Å². The number of carbonyl (C=O) groups excluding carboxylic acids is 1. The first kappa shape index (κ1) is 13.5. The van der Waals surface area contributed by atoms with E-state index in [1.165, 1.54) is 13.5 Å². The van der Waals surface area contributed by atoms with E-state index in [4.69, 9.17) is 4.74 Å². The third-order valence-corrected chi connectivity index (χ3v) is 3.93. The van der Waals surface area contributed by atoms with Gasteiger partial charge in [0.25, 0.3) is 0 Å². The molecule has 1 aliphatic rings. The topological polar surface area (TPSA) is 29.5 Å². The van der Waals surface area contributed by atoms with Gasteiger partial charge in [-0.3, -0.25) is 9.69 Å². The van der Waals surface area contributed by atoms with E-state index in [2.05, 4.69) is 25.7 Å². The Hall–Kier alpha value is -0.570. The van der Waals surface area contributed by atoms with Gasteiger partial charge in [0, 0.05) is 12.6 Å². The van der Waals surface area contributed by atoms with Gasteiger partial charge in [-0.15, -0.1) is 0 Å². The molecular weight excluding hydrogens is 202 g/mol. The predicted molar refractivity (Wildman–Crippen MR) is 65.3 cm³/mol. The van der Waals surface area contributed by atoms with Crippen molar-refractivity contribution in [2.45, 2.75) is 58.5 Å². The Labute approximate surface area is 99.1 Å². The lowest BCUT2D eigenvalue weighted by Crippen LogP contribution is -2.51. The molecule has 0 N–H and O–H groups in total. The third kappa shape index (κ3) is 2.97. The number of likely N-dealkylation sites (tertiary alicyclic amines) is 1. The van der Waals surface area contributed by atoms with Gasteiger partial charge in [-0.05, 0) is 32.1 Å². The van der Waals surface area contributed by atoms with Crippen LogP contribution in [0.5, 0.6) is 0 Å². The van der Waals surface area contributed by atoms with E-state index < -0.39 is 0 Å². The molecule has 3 atom stereocenters. The average Bonchev–Trinajstić information content (AvgIpc) is 2.36. The first-order chi connectivity index (χ1) is 7.63. The number of ether oxygens (including phenoxy) is 1. The molecule has 94 valence electrons. The molecule has 0 aliphatic carbocycles. The molecule has 3 unspecified atom stereocenters. The summed E-state index contributed by atoms with van der Waals surface area (Å²) in [5.41, 5.74) is 0. The van der Waals surface area contributed by atoms with Crippen molar-refractivity contribution in [2.24, 2.45) is 5.92 Å². The zero-order chi connectivity index (χ0) is 12.1. The van der Waals surface area contributed by atoms with E-state index >= 15 is 0 Å². The van der Waals surface area contributed by atoms with Gasteiger partial charge >= 0.3 is 5.97 Å². The molecule has 0 saturated carbocycles. The molecule has 1 saturated heterocycles. The predicted octanol–water partition coefficient (Wildman–Crippen LogP) is 2.45. The fraction of sp³-hybridized carbons (Fsp3) is 0.923. The molecule has 1 heterocycles. The smallest absolute Gasteiger partial charge is 0.323 e. The van der Waals surface area contributed by atoms with E-state index in [-0.39, 0.29) is 12.0 Å². The summed E-state index contributed by atoms with van der Waals surface area (Å²) in [7, 11) is 1.49. The molecule has 16 heavy (non-hydrogen) atoms. The highest BCUT2D eigenvalue weighted by Crippen LogP contribution is 2.27. The SMILES string of the molecule is CCC1CCC(C(=O)OC)N(C(C)CC)C1. The van der Waals surface area contributed by atoms with Crippen LogP contribution >= 0.6 is 0 Å². The zero-order valence-electron chi connectivity index (χ0n) is 11.0. The lowest BCUT2D eigenvalue weighted by Gasteiger charge is -2.41. The highest BCUT2D eigenvalue weighted by atomic mass is 16.5. The van der Waals surface area contributed by atoms with Crippen LogP contribution in [0.3, 0.4) is 0 Å². The summed E-state index contributed by atoms with van der Waals surface area (Å²) >= 11 is 0. The average molecular weight is 227 g/mol. The van der Waals surface area contributed by atoms with Crippen LogP contribution in [0.1, 0.15) is 46.5 Å². The van der Waals surface area contributed by atoms with Gasteiger partial charge < -0.3 is 4.74 Å². The highest BCUT2D eigenvalue weighted by Gasteiger charge is 2.34. The molecule has 0 aromatic rings. The lowest BCUT2D eigenvalue weighted by molar-refractivity contribution is -0.150. The maximum absolute atomic E-state index is 11.7. The monoisotopic (exact) mass is 227 g/mol. The second-order valence-corrected chi connectivity index (χ2v) is 4.84. The van der Waals surface area contributed by atoms with Gasteiger partial charge in [-0.1, -0.05) is 20.3 Å². The number of nitrogens with zero attached hydrogens (tertiary/aromatic N) is 1.